The van der Waals surface area contributed by atoms with Crippen molar-refractivity contribution in [2.24, 2.45) is 0 Å². The van der Waals surface area contributed by atoms with E-state index in [1.165, 1.54) is 11.3 Å². The largest absolute Gasteiger partial charge is 0.493 e. The molecule has 4 rings (SSSR count). The molecule has 0 amide bonds. The molecule has 2 aromatic heterocycles. The summed E-state index contributed by atoms with van der Waals surface area (Å²) in [7, 11) is 0. The lowest BCUT2D eigenvalue weighted by Crippen LogP contribution is -2.22. The highest BCUT2D eigenvalue weighted by molar-refractivity contribution is 7.15. The van der Waals surface area contributed by atoms with Gasteiger partial charge in [0.05, 0.1) is 22.2 Å². The van der Waals surface area contributed by atoms with Crippen LogP contribution in [-0.2, 0) is 0 Å². The van der Waals surface area contributed by atoms with Crippen LogP contribution in [0.2, 0.25) is 0 Å². The maximum atomic E-state index is 12.8. The van der Waals surface area contributed by atoms with Gasteiger partial charge in [0.15, 0.2) is 4.96 Å². The van der Waals surface area contributed by atoms with Gasteiger partial charge in [0, 0.05) is 5.56 Å². The molecule has 0 aliphatic rings. The Morgan fingerprint density at radius 2 is 1.96 bits per heavy atom. The number of nitrogens with zero attached hydrogens (tertiary/aromatic N) is 2. The van der Waals surface area contributed by atoms with Crippen LogP contribution in [0.5, 0.6) is 5.75 Å². The molecule has 0 N–H and O–H groups in total. The lowest BCUT2D eigenvalue weighted by Gasteiger charge is -2.07. The van der Waals surface area contributed by atoms with Gasteiger partial charge in [-0.3, -0.25) is 4.79 Å². The van der Waals surface area contributed by atoms with Crippen molar-refractivity contribution in [3.63, 3.8) is 0 Å². The number of aromatic nitrogens is 2. The lowest BCUT2D eigenvalue weighted by atomic mass is 10.2. The van der Waals surface area contributed by atoms with E-state index in [-0.39, 0.29) is 5.56 Å². The van der Waals surface area contributed by atoms with Gasteiger partial charge in [0.1, 0.15) is 5.75 Å². The summed E-state index contributed by atoms with van der Waals surface area (Å²) < 4.78 is 8.22. The average Bonchev–Trinajstić information content (AvgIpc) is 3.13. The van der Waals surface area contributed by atoms with E-state index in [1.807, 2.05) is 54.6 Å². The smallest absolute Gasteiger partial charge is 0.274 e. The molecule has 0 saturated heterocycles. The van der Waals surface area contributed by atoms with Gasteiger partial charge >= 0.3 is 0 Å². The quantitative estimate of drug-likeness (QED) is 0.516. The minimum atomic E-state index is -0.0305. The minimum Gasteiger partial charge on any atom is -0.493 e. The number of fused-ring (bicyclic) bond motifs is 3. The zero-order valence-corrected chi connectivity index (χ0v) is 14.8. The Labute approximate surface area is 149 Å². The number of para-hydroxylation sites is 3. The number of hydrogen-bond acceptors (Lipinski definition) is 4. The van der Waals surface area contributed by atoms with Crippen molar-refractivity contribution in [3.05, 3.63) is 69.0 Å². The molecule has 5 heteroatoms. The normalized spacial score (nSPS) is 12.3. The SMILES string of the molecule is CCCCOc1ccccc1/C=c1\sc2nc3ccccc3n2c1=O. The Bertz CT molecular complexity index is 1140. The Balaban J connectivity index is 1.82. The van der Waals surface area contributed by atoms with Crippen LogP contribution >= 0.6 is 11.3 Å². The number of imidazole rings is 1. The minimum absolute atomic E-state index is 0.0305. The molecule has 0 radical (unpaired) electrons. The zero-order chi connectivity index (χ0) is 17.2. The Kier molecular flexibility index (Phi) is 4.24. The van der Waals surface area contributed by atoms with Gasteiger partial charge in [-0.2, -0.15) is 0 Å². The van der Waals surface area contributed by atoms with Gasteiger partial charge in [-0.15, -0.1) is 0 Å². The highest BCUT2D eigenvalue weighted by Crippen LogP contribution is 2.20. The highest BCUT2D eigenvalue weighted by atomic mass is 32.1. The van der Waals surface area contributed by atoms with Crippen LogP contribution in [-0.4, -0.2) is 16.0 Å². The molecule has 4 aromatic rings. The summed E-state index contributed by atoms with van der Waals surface area (Å²) in [5, 5.41) is 0. The summed E-state index contributed by atoms with van der Waals surface area (Å²) in [5.41, 5.74) is 2.59. The van der Waals surface area contributed by atoms with Crippen molar-refractivity contribution in [3.8, 4) is 5.75 Å². The molecule has 0 spiro atoms. The molecule has 0 unspecified atom stereocenters. The third-order valence-electron chi connectivity index (χ3n) is 4.11. The number of benzene rings is 2. The van der Waals surface area contributed by atoms with Crippen LogP contribution in [0.25, 0.3) is 22.1 Å². The van der Waals surface area contributed by atoms with Crippen molar-refractivity contribution in [2.45, 2.75) is 19.8 Å². The average molecular weight is 350 g/mol. The molecule has 0 fully saturated rings. The van der Waals surface area contributed by atoms with Crippen LogP contribution < -0.4 is 14.8 Å². The molecular formula is C20H18N2O2S. The van der Waals surface area contributed by atoms with Crippen LogP contribution in [0.15, 0.2) is 53.3 Å². The van der Waals surface area contributed by atoms with Crippen LogP contribution in [0.3, 0.4) is 0 Å². The lowest BCUT2D eigenvalue weighted by molar-refractivity contribution is 0.309. The van der Waals surface area contributed by atoms with E-state index in [1.54, 1.807) is 4.40 Å². The molecule has 0 bridgehead atoms. The van der Waals surface area contributed by atoms with Crippen LogP contribution in [0.4, 0.5) is 0 Å². The molecule has 0 atom stereocenters. The Morgan fingerprint density at radius 3 is 2.84 bits per heavy atom. The fraction of sp³-hybridized carbons (Fsp3) is 0.200. The molecule has 4 nitrogen and oxygen atoms in total. The standard InChI is InChI=1S/C20H18N2O2S/c1-2-3-12-24-17-11-7-4-8-14(17)13-18-19(23)22-16-10-6-5-9-15(16)21-20(22)25-18/h4-11,13H,2-3,12H2,1H3/b18-13-. The van der Waals surface area contributed by atoms with Crippen LogP contribution in [0, 0.1) is 0 Å². The molecule has 25 heavy (non-hydrogen) atoms. The van der Waals surface area contributed by atoms with E-state index < -0.39 is 0 Å². The number of rotatable bonds is 5. The first kappa shape index (κ1) is 15.8. The van der Waals surface area contributed by atoms with E-state index >= 15 is 0 Å². The third kappa shape index (κ3) is 2.91. The summed E-state index contributed by atoms with van der Waals surface area (Å²) in [6, 6.07) is 15.5. The summed E-state index contributed by atoms with van der Waals surface area (Å²) in [6.07, 6.45) is 4.00. The summed E-state index contributed by atoms with van der Waals surface area (Å²) in [6.45, 7) is 2.82. The monoisotopic (exact) mass is 350 g/mol. The molecule has 0 aliphatic heterocycles. The first-order valence-electron chi connectivity index (χ1n) is 8.41. The maximum absolute atomic E-state index is 12.8. The van der Waals surface area contributed by atoms with Crippen molar-refractivity contribution in [1.29, 1.82) is 0 Å². The number of ether oxygens (including phenoxy) is 1. The summed E-state index contributed by atoms with van der Waals surface area (Å²) >= 11 is 1.41. The second kappa shape index (κ2) is 6.69. The number of hydrogen-bond donors (Lipinski definition) is 0. The molecule has 2 heterocycles. The van der Waals surface area contributed by atoms with Gasteiger partial charge in [-0.25, -0.2) is 9.38 Å². The number of unbranched alkanes of at least 4 members (excludes halogenated alkanes) is 1. The van der Waals surface area contributed by atoms with E-state index in [4.69, 9.17) is 4.74 Å². The highest BCUT2D eigenvalue weighted by Gasteiger charge is 2.11. The third-order valence-corrected chi connectivity index (χ3v) is 5.08. The first-order valence-corrected chi connectivity index (χ1v) is 9.23. The van der Waals surface area contributed by atoms with Gasteiger partial charge < -0.3 is 4.74 Å². The van der Waals surface area contributed by atoms with E-state index in [0.717, 1.165) is 40.1 Å². The van der Waals surface area contributed by atoms with Gasteiger partial charge in [0.25, 0.3) is 5.56 Å². The van der Waals surface area contributed by atoms with E-state index in [9.17, 15) is 4.79 Å². The van der Waals surface area contributed by atoms with Gasteiger partial charge in [-0.1, -0.05) is 55.0 Å². The predicted molar refractivity (Wildman–Crippen MR) is 102 cm³/mol. The molecule has 0 aliphatic carbocycles. The second-order valence-corrected chi connectivity index (χ2v) is 6.88. The van der Waals surface area contributed by atoms with E-state index in [0.29, 0.717) is 11.1 Å². The van der Waals surface area contributed by atoms with Crippen molar-refractivity contribution >= 4 is 33.4 Å². The van der Waals surface area contributed by atoms with Crippen molar-refractivity contribution in [1.82, 2.24) is 9.38 Å². The summed E-state index contributed by atoms with van der Waals surface area (Å²) in [4.78, 5) is 18.1. The fourth-order valence-corrected chi connectivity index (χ4v) is 3.79. The number of thiazole rings is 1. The van der Waals surface area contributed by atoms with Gasteiger partial charge in [0.2, 0.25) is 0 Å². The molecule has 2 aromatic carbocycles. The topological polar surface area (TPSA) is 43.6 Å². The molecular weight excluding hydrogens is 332 g/mol. The predicted octanol–water partition coefficient (Wildman–Crippen LogP) is 3.64. The van der Waals surface area contributed by atoms with E-state index in [2.05, 4.69) is 11.9 Å². The van der Waals surface area contributed by atoms with Crippen LogP contribution in [0.1, 0.15) is 25.3 Å². The zero-order valence-electron chi connectivity index (χ0n) is 13.9. The Morgan fingerprint density at radius 1 is 1.16 bits per heavy atom. The molecule has 0 saturated carbocycles. The second-order valence-electron chi connectivity index (χ2n) is 5.87. The van der Waals surface area contributed by atoms with Crippen molar-refractivity contribution in [2.75, 3.05) is 6.61 Å². The first-order chi connectivity index (χ1) is 12.3. The summed E-state index contributed by atoms with van der Waals surface area (Å²) in [5.74, 6) is 0.811. The van der Waals surface area contributed by atoms with Gasteiger partial charge in [-0.05, 0) is 30.7 Å². The maximum Gasteiger partial charge on any atom is 0.274 e. The van der Waals surface area contributed by atoms with Crippen molar-refractivity contribution < 1.29 is 4.74 Å². The fourth-order valence-electron chi connectivity index (χ4n) is 2.81. The Hall–Kier alpha value is -2.66. The molecule has 126 valence electrons.